The van der Waals surface area contributed by atoms with Crippen molar-refractivity contribution in [2.45, 2.75) is 24.3 Å². The minimum atomic E-state index is 0.322. The molecule has 0 saturated heterocycles. The van der Waals surface area contributed by atoms with E-state index in [2.05, 4.69) is 20.8 Å². The van der Waals surface area contributed by atoms with Crippen molar-refractivity contribution < 1.29 is 5.11 Å². The fraction of sp³-hybridized carbons (Fsp3) is 0.400. The van der Waals surface area contributed by atoms with Gasteiger partial charge in [0, 0.05) is 0 Å². The molecule has 1 aromatic carbocycles. The topological polar surface area (TPSA) is 20.2 Å². The van der Waals surface area contributed by atoms with Gasteiger partial charge in [-0.2, -0.15) is 0 Å². The highest BCUT2D eigenvalue weighted by molar-refractivity contribution is 6.91. The van der Waals surface area contributed by atoms with E-state index in [1.54, 1.807) is 24.3 Å². The van der Waals surface area contributed by atoms with E-state index in [1.165, 1.54) is 7.89 Å². The van der Waals surface area contributed by atoms with Gasteiger partial charge in [0.25, 0.3) is 0 Å². The van der Waals surface area contributed by atoms with Gasteiger partial charge in [0.2, 0.25) is 0 Å². The lowest BCUT2D eigenvalue weighted by atomic mass is 10.2. The summed E-state index contributed by atoms with van der Waals surface area (Å²) in [6.45, 7) is 7.02. The summed E-state index contributed by atoms with van der Waals surface area (Å²) in [7, 11) is 1.49. The molecular weight excluding hydrogens is 188 g/mol. The smallest absolute Gasteiger partial charge is 0.358 e. The Morgan fingerprint density at radius 3 is 1.69 bits per heavy atom. The number of aromatic hydroxyl groups is 1. The van der Waals surface area contributed by atoms with Gasteiger partial charge in [-0.05, 0) is 12.1 Å². The first-order chi connectivity index (χ1) is 5.95. The van der Waals surface area contributed by atoms with Crippen molar-refractivity contribution in [2.75, 3.05) is 0 Å². The maximum Gasteiger partial charge on any atom is 0.358 e. The Bertz CT molecular complexity index is 218. The molecular formula is C10H18MgOSi. The van der Waals surface area contributed by atoms with Crippen molar-refractivity contribution in [1.82, 2.24) is 0 Å². The van der Waals surface area contributed by atoms with Crippen LogP contribution in [0.1, 0.15) is 20.8 Å². The van der Waals surface area contributed by atoms with Crippen LogP contribution in [0, 0.1) is 0 Å². The number of benzene rings is 1. The minimum absolute atomic E-state index is 0.322. The van der Waals surface area contributed by atoms with Crippen molar-refractivity contribution >= 4 is 27.5 Å². The predicted octanol–water partition coefficient (Wildman–Crippen LogP) is 1.58. The summed E-state index contributed by atoms with van der Waals surface area (Å²) in [6, 6.07) is 8.71. The van der Waals surface area contributed by atoms with Gasteiger partial charge in [-0.15, -0.1) is 11.4 Å². The van der Waals surface area contributed by atoms with Crippen LogP contribution in [0.3, 0.4) is 0 Å². The summed E-state index contributed by atoms with van der Waals surface area (Å²) in [5, 5.41) is 8.63. The normalized spacial score (nSPS) is 9.77. The van der Waals surface area contributed by atoms with Crippen LogP contribution < -0.4 is 0 Å². The van der Waals surface area contributed by atoms with Gasteiger partial charge in [-0.3, -0.25) is 0 Å². The largest absolute Gasteiger partial charge is 0.508 e. The second-order valence-corrected chi connectivity index (χ2v) is 9.20. The Kier molecular flexibility index (Phi) is 6.46. The molecule has 0 unspecified atom stereocenters. The Labute approximate surface area is 92.8 Å². The van der Waals surface area contributed by atoms with Gasteiger partial charge in [-0.25, -0.2) is 0 Å². The van der Waals surface area contributed by atoms with Gasteiger partial charge in [0.05, 0.1) is 0 Å². The molecule has 13 heavy (non-hydrogen) atoms. The first kappa shape index (κ1) is 13.0. The van der Waals surface area contributed by atoms with Crippen LogP contribution in [0.5, 0.6) is 5.75 Å². The third-order valence-corrected chi connectivity index (χ3v) is 10.3. The monoisotopic (exact) mass is 206 g/mol. The van der Waals surface area contributed by atoms with Gasteiger partial charge in [0.15, 0.2) is 0 Å². The maximum atomic E-state index is 8.63. The zero-order valence-electron chi connectivity index (χ0n) is 9.04. The Hall–Kier alpha value is 0.00312. The number of rotatable bonds is 0. The third-order valence-electron chi connectivity index (χ3n) is 1.82. The van der Waals surface area contributed by atoms with E-state index >= 15 is 0 Å². The molecule has 0 bridgehead atoms. The summed E-state index contributed by atoms with van der Waals surface area (Å²) >= 11 is 0.391. The second kappa shape index (κ2) is 6.46. The molecule has 0 aliphatic rings. The van der Waals surface area contributed by atoms with Gasteiger partial charge < -0.3 is 5.11 Å². The lowest BCUT2D eigenvalue weighted by Gasteiger charge is -2.12. The van der Waals surface area contributed by atoms with Crippen LogP contribution in [0.15, 0.2) is 30.3 Å². The number of phenols is 1. The molecule has 0 saturated carbocycles. The lowest BCUT2D eigenvalue weighted by Crippen LogP contribution is -2.06. The Morgan fingerprint density at radius 2 is 1.54 bits per heavy atom. The number of para-hydroxylation sites is 1. The number of hydrogen-bond donors (Lipinski definition) is 1. The Morgan fingerprint density at radius 1 is 1.15 bits per heavy atom. The second-order valence-electron chi connectivity index (χ2n) is 4.25. The molecule has 0 aromatic heterocycles. The highest BCUT2D eigenvalue weighted by Gasteiger charge is 2.07. The van der Waals surface area contributed by atoms with Gasteiger partial charge in [-0.1, -0.05) is 39.0 Å². The van der Waals surface area contributed by atoms with E-state index in [4.69, 9.17) is 5.11 Å². The van der Waals surface area contributed by atoms with E-state index in [1.807, 2.05) is 6.07 Å². The SMILES string of the molecule is C[C](C)(C)[Mg][SiH3].Oc1ccccc1. The zero-order chi connectivity index (χ0) is 10.3. The van der Waals surface area contributed by atoms with Crippen molar-refractivity contribution in [3.8, 4) is 5.75 Å². The van der Waals surface area contributed by atoms with Crippen LogP contribution in [0.4, 0.5) is 0 Å². The summed E-state index contributed by atoms with van der Waals surface area (Å²) < 4.78 is 0.742. The van der Waals surface area contributed by atoms with Crippen LogP contribution in [0.2, 0.25) is 3.54 Å². The fourth-order valence-corrected chi connectivity index (χ4v) is 0.428. The first-order valence-corrected chi connectivity index (χ1v) is 11.1. The molecule has 0 aliphatic heterocycles. The lowest BCUT2D eigenvalue weighted by molar-refractivity contribution is 0.475. The molecule has 0 spiro atoms. The van der Waals surface area contributed by atoms with Crippen molar-refractivity contribution in [1.29, 1.82) is 0 Å². The molecule has 0 radical (unpaired) electrons. The standard InChI is InChI=1S/C6H6O.C4H9.Mg.H3Si/c7-6-4-2-1-3-5-6;1-4(2)3;;/h1-5,7H;1-3H3;;1H3. The van der Waals surface area contributed by atoms with Gasteiger partial charge in [0.1, 0.15) is 5.75 Å². The van der Waals surface area contributed by atoms with Crippen molar-refractivity contribution in [3.63, 3.8) is 0 Å². The highest BCUT2D eigenvalue weighted by atomic mass is 28.3. The average Bonchev–Trinajstić information content (AvgIpc) is 2.06. The van der Waals surface area contributed by atoms with E-state index < -0.39 is 0 Å². The van der Waals surface area contributed by atoms with Crippen LogP contribution in [-0.4, -0.2) is 32.6 Å². The van der Waals surface area contributed by atoms with Gasteiger partial charge >= 0.3 is 19.6 Å². The number of hydrogen-bond acceptors (Lipinski definition) is 1. The molecule has 0 fully saturated rings. The highest BCUT2D eigenvalue weighted by Crippen LogP contribution is 2.17. The molecule has 0 aliphatic carbocycles. The molecule has 0 heterocycles. The molecule has 1 N–H and O–H groups in total. The molecule has 1 nitrogen and oxygen atoms in total. The molecule has 1 aromatic rings. The molecule has 70 valence electrons. The van der Waals surface area contributed by atoms with E-state index in [-0.39, 0.29) is 0 Å². The molecule has 0 amide bonds. The van der Waals surface area contributed by atoms with Crippen LogP contribution in [0.25, 0.3) is 0 Å². The van der Waals surface area contributed by atoms with E-state index in [9.17, 15) is 0 Å². The van der Waals surface area contributed by atoms with Crippen LogP contribution in [-0.2, 0) is 0 Å². The molecule has 3 heteroatoms. The number of phenolic OH excluding ortho intramolecular Hbond substituents is 1. The quantitative estimate of drug-likeness (QED) is 0.639. The minimum Gasteiger partial charge on any atom is -0.508 e. The summed E-state index contributed by atoms with van der Waals surface area (Å²) in [6.07, 6.45) is 0. The zero-order valence-corrected chi connectivity index (χ0v) is 12.5. The summed E-state index contributed by atoms with van der Waals surface area (Å²) in [4.78, 5) is 0. The molecule has 1 rings (SSSR count). The summed E-state index contributed by atoms with van der Waals surface area (Å²) in [5.41, 5.74) is 0. The summed E-state index contributed by atoms with van der Waals surface area (Å²) in [5.74, 6) is 0.322. The maximum absolute atomic E-state index is 8.63. The predicted molar refractivity (Wildman–Crippen MR) is 63.5 cm³/mol. The third kappa shape index (κ3) is 9.92. The van der Waals surface area contributed by atoms with Crippen molar-refractivity contribution in [3.05, 3.63) is 30.3 Å². The van der Waals surface area contributed by atoms with E-state index in [0.717, 1.165) is 3.54 Å². The van der Waals surface area contributed by atoms with Crippen molar-refractivity contribution in [2.24, 2.45) is 0 Å². The van der Waals surface area contributed by atoms with Crippen LogP contribution >= 0.6 is 0 Å². The first-order valence-electron chi connectivity index (χ1n) is 4.69. The fourth-order valence-electron chi connectivity index (χ4n) is 0.428. The average molecular weight is 207 g/mol. The molecule has 0 atom stereocenters. The Balaban J connectivity index is 0.000000226. The van der Waals surface area contributed by atoms with E-state index in [0.29, 0.717) is 25.3 Å².